The molecule has 1 unspecified atom stereocenters. The fraction of sp³-hybridized carbons (Fsp3) is 0.125. The Morgan fingerprint density at radius 2 is 1.80 bits per heavy atom. The number of aliphatic carboxylic acids is 1. The molecular formula is C16H13NO2S. The van der Waals surface area contributed by atoms with E-state index in [-0.39, 0.29) is 12.3 Å². The molecule has 0 saturated carbocycles. The fourth-order valence-corrected chi connectivity index (χ4v) is 3.34. The van der Waals surface area contributed by atoms with Crippen LogP contribution in [-0.4, -0.2) is 16.1 Å². The second-order valence-electron chi connectivity index (χ2n) is 4.58. The van der Waals surface area contributed by atoms with Crippen molar-refractivity contribution in [1.82, 2.24) is 4.98 Å². The minimum absolute atomic E-state index is 0.0594. The van der Waals surface area contributed by atoms with Crippen molar-refractivity contribution in [2.75, 3.05) is 0 Å². The number of hydrogen-bond acceptors (Lipinski definition) is 3. The van der Waals surface area contributed by atoms with Gasteiger partial charge in [0.2, 0.25) is 0 Å². The van der Waals surface area contributed by atoms with Gasteiger partial charge in [-0.25, -0.2) is 4.98 Å². The number of carbonyl (C=O) groups is 1. The number of nitrogens with zero attached hydrogens (tertiary/aromatic N) is 1. The van der Waals surface area contributed by atoms with Gasteiger partial charge in [0.05, 0.1) is 16.6 Å². The summed E-state index contributed by atoms with van der Waals surface area (Å²) in [7, 11) is 0. The summed E-state index contributed by atoms with van der Waals surface area (Å²) in [5, 5.41) is 10.0. The van der Waals surface area contributed by atoms with Crippen LogP contribution < -0.4 is 0 Å². The summed E-state index contributed by atoms with van der Waals surface area (Å²) in [4.78, 5) is 15.7. The van der Waals surface area contributed by atoms with Crippen LogP contribution in [0, 0.1) is 0 Å². The minimum atomic E-state index is -0.807. The molecule has 1 atom stereocenters. The van der Waals surface area contributed by atoms with E-state index in [1.165, 1.54) is 0 Å². The van der Waals surface area contributed by atoms with Crippen molar-refractivity contribution in [3.05, 3.63) is 65.2 Å². The van der Waals surface area contributed by atoms with Crippen molar-refractivity contribution < 1.29 is 9.90 Å². The van der Waals surface area contributed by atoms with Gasteiger partial charge >= 0.3 is 5.97 Å². The molecular weight excluding hydrogens is 270 g/mol. The Bertz CT molecular complexity index is 703. The molecule has 1 heterocycles. The van der Waals surface area contributed by atoms with E-state index in [0.29, 0.717) is 0 Å². The molecule has 100 valence electrons. The number of carboxylic acids is 1. The Labute approximate surface area is 120 Å². The van der Waals surface area contributed by atoms with Gasteiger partial charge in [0.15, 0.2) is 0 Å². The van der Waals surface area contributed by atoms with E-state index in [2.05, 4.69) is 4.98 Å². The van der Waals surface area contributed by atoms with E-state index in [4.69, 9.17) is 5.11 Å². The molecule has 1 N–H and O–H groups in total. The zero-order valence-electron chi connectivity index (χ0n) is 10.7. The Kier molecular flexibility index (Phi) is 3.48. The first kappa shape index (κ1) is 12.8. The third-order valence-corrected chi connectivity index (χ3v) is 4.34. The molecule has 0 aliphatic heterocycles. The average Bonchev–Trinajstić information content (AvgIpc) is 2.89. The van der Waals surface area contributed by atoms with E-state index < -0.39 is 5.97 Å². The smallest absolute Gasteiger partial charge is 0.304 e. The maximum absolute atomic E-state index is 11.1. The number of aromatic nitrogens is 1. The highest BCUT2D eigenvalue weighted by Crippen LogP contribution is 2.33. The molecule has 2 aromatic carbocycles. The highest BCUT2D eigenvalue weighted by atomic mass is 32.1. The van der Waals surface area contributed by atoms with Gasteiger partial charge < -0.3 is 5.11 Å². The highest BCUT2D eigenvalue weighted by molar-refractivity contribution is 7.18. The monoisotopic (exact) mass is 283 g/mol. The van der Waals surface area contributed by atoms with Crippen molar-refractivity contribution in [2.24, 2.45) is 0 Å². The van der Waals surface area contributed by atoms with E-state index in [9.17, 15) is 4.79 Å². The largest absolute Gasteiger partial charge is 0.481 e. The first-order chi connectivity index (χ1) is 9.74. The molecule has 3 nitrogen and oxygen atoms in total. The van der Waals surface area contributed by atoms with Crippen LogP contribution in [-0.2, 0) is 4.79 Å². The van der Waals surface area contributed by atoms with Crippen molar-refractivity contribution in [1.29, 1.82) is 0 Å². The lowest BCUT2D eigenvalue weighted by molar-refractivity contribution is -0.137. The first-order valence-electron chi connectivity index (χ1n) is 6.36. The predicted molar refractivity (Wildman–Crippen MR) is 80.2 cm³/mol. The fourth-order valence-electron chi connectivity index (χ4n) is 2.25. The van der Waals surface area contributed by atoms with Gasteiger partial charge in [-0.2, -0.15) is 0 Å². The number of fused-ring (bicyclic) bond motifs is 1. The van der Waals surface area contributed by atoms with Crippen LogP contribution in [0.25, 0.3) is 10.2 Å². The maximum atomic E-state index is 11.1. The van der Waals surface area contributed by atoms with Gasteiger partial charge in [0.1, 0.15) is 5.01 Å². The standard InChI is InChI=1S/C16H13NO2S/c18-15(19)10-12(11-6-2-1-3-7-11)16-17-13-8-4-5-9-14(13)20-16/h1-9,12H,10H2,(H,18,19). The molecule has 0 amide bonds. The van der Waals surface area contributed by atoms with Gasteiger partial charge in [-0.3, -0.25) is 4.79 Å². The molecule has 0 saturated heterocycles. The second kappa shape index (κ2) is 5.43. The summed E-state index contributed by atoms with van der Waals surface area (Å²) in [6.07, 6.45) is 0.0594. The Hall–Kier alpha value is -2.20. The SMILES string of the molecule is O=C(O)CC(c1ccccc1)c1nc2ccccc2s1. The zero-order chi connectivity index (χ0) is 13.9. The number of rotatable bonds is 4. The predicted octanol–water partition coefficient (Wildman–Crippen LogP) is 3.90. The van der Waals surface area contributed by atoms with Crippen LogP contribution >= 0.6 is 11.3 Å². The Balaban J connectivity index is 2.06. The normalized spacial score (nSPS) is 12.4. The molecule has 0 aliphatic rings. The summed E-state index contributed by atoms with van der Waals surface area (Å²) in [6, 6.07) is 17.6. The second-order valence-corrected chi connectivity index (χ2v) is 5.64. The van der Waals surface area contributed by atoms with Crippen molar-refractivity contribution in [3.8, 4) is 0 Å². The van der Waals surface area contributed by atoms with E-state index in [1.54, 1.807) is 11.3 Å². The summed E-state index contributed by atoms with van der Waals surface area (Å²) >= 11 is 1.57. The van der Waals surface area contributed by atoms with Crippen LogP contribution in [0.1, 0.15) is 22.9 Å². The molecule has 0 spiro atoms. The van der Waals surface area contributed by atoms with Crippen LogP contribution in [0.15, 0.2) is 54.6 Å². The summed E-state index contributed by atoms with van der Waals surface area (Å²) < 4.78 is 1.09. The van der Waals surface area contributed by atoms with Gasteiger partial charge in [0, 0.05) is 5.92 Å². The van der Waals surface area contributed by atoms with Gasteiger partial charge in [-0.15, -0.1) is 11.3 Å². The lowest BCUT2D eigenvalue weighted by atomic mass is 9.96. The van der Waals surface area contributed by atoms with Gasteiger partial charge in [-0.05, 0) is 17.7 Å². The Morgan fingerprint density at radius 3 is 2.50 bits per heavy atom. The van der Waals surface area contributed by atoms with E-state index in [1.807, 2.05) is 54.6 Å². The summed E-state index contributed by atoms with van der Waals surface area (Å²) in [5.74, 6) is -0.996. The first-order valence-corrected chi connectivity index (χ1v) is 7.18. The lowest BCUT2D eigenvalue weighted by Gasteiger charge is -2.12. The van der Waals surface area contributed by atoms with Crippen LogP contribution in [0.3, 0.4) is 0 Å². The number of benzene rings is 2. The maximum Gasteiger partial charge on any atom is 0.304 e. The number of thiazole rings is 1. The third kappa shape index (κ3) is 2.56. The molecule has 3 aromatic rings. The van der Waals surface area contributed by atoms with Gasteiger partial charge in [0.25, 0.3) is 0 Å². The molecule has 3 rings (SSSR count). The number of hydrogen-bond donors (Lipinski definition) is 1. The van der Waals surface area contributed by atoms with E-state index >= 15 is 0 Å². The summed E-state index contributed by atoms with van der Waals surface area (Å²) in [5.41, 5.74) is 1.92. The molecule has 4 heteroatoms. The molecule has 0 bridgehead atoms. The highest BCUT2D eigenvalue weighted by Gasteiger charge is 2.21. The average molecular weight is 283 g/mol. The Morgan fingerprint density at radius 1 is 1.10 bits per heavy atom. The molecule has 20 heavy (non-hydrogen) atoms. The summed E-state index contributed by atoms with van der Waals surface area (Å²) in [6.45, 7) is 0. The van der Waals surface area contributed by atoms with Crippen molar-refractivity contribution >= 4 is 27.5 Å². The van der Waals surface area contributed by atoms with Gasteiger partial charge in [-0.1, -0.05) is 42.5 Å². The number of carboxylic acid groups (broad SMARTS) is 1. The molecule has 0 aliphatic carbocycles. The third-order valence-electron chi connectivity index (χ3n) is 3.19. The molecule has 0 radical (unpaired) electrons. The molecule has 0 fully saturated rings. The molecule has 1 aromatic heterocycles. The van der Waals surface area contributed by atoms with Crippen LogP contribution in [0.4, 0.5) is 0 Å². The van der Waals surface area contributed by atoms with Crippen LogP contribution in [0.2, 0.25) is 0 Å². The number of para-hydroxylation sites is 1. The van der Waals surface area contributed by atoms with E-state index in [0.717, 1.165) is 20.8 Å². The van der Waals surface area contributed by atoms with Crippen molar-refractivity contribution in [3.63, 3.8) is 0 Å². The lowest BCUT2D eigenvalue weighted by Crippen LogP contribution is -2.07. The minimum Gasteiger partial charge on any atom is -0.481 e. The van der Waals surface area contributed by atoms with Crippen LogP contribution in [0.5, 0.6) is 0 Å². The topological polar surface area (TPSA) is 50.2 Å². The zero-order valence-corrected chi connectivity index (χ0v) is 11.5. The quantitative estimate of drug-likeness (QED) is 0.790. The van der Waals surface area contributed by atoms with Crippen molar-refractivity contribution in [2.45, 2.75) is 12.3 Å².